The van der Waals surface area contributed by atoms with Crippen molar-refractivity contribution in [3.63, 3.8) is 0 Å². The topological polar surface area (TPSA) is 17.1 Å². The highest BCUT2D eigenvalue weighted by atomic mass is 16.1. The zero-order valence-electron chi connectivity index (χ0n) is 11.2. The van der Waals surface area contributed by atoms with E-state index in [0.717, 1.165) is 18.4 Å². The first-order valence-corrected chi connectivity index (χ1v) is 7.01. The highest BCUT2D eigenvalue weighted by molar-refractivity contribution is 5.50. The predicted octanol–water partition coefficient (Wildman–Crippen LogP) is 5.08. The molecule has 0 aliphatic heterocycles. The normalized spacial score (nSPS) is 10.1. The SMILES string of the molecule is CCCCCCCCCCCCC(C)=C=O. The molecule has 0 aromatic rings. The summed E-state index contributed by atoms with van der Waals surface area (Å²) >= 11 is 0. The number of hydrogen-bond donors (Lipinski definition) is 0. The van der Waals surface area contributed by atoms with Gasteiger partial charge in [-0.15, -0.1) is 0 Å². The van der Waals surface area contributed by atoms with E-state index in [-0.39, 0.29) is 0 Å². The average Bonchev–Trinajstić information content (AvgIpc) is 2.31. The summed E-state index contributed by atoms with van der Waals surface area (Å²) in [6.07, 6.45) is 14.5. The number of allylic oxidation sites excluding steroid dienone is 1. The molecule has 0 bridgehead atoms. The molecule has 0 aliphatic rings. The maximum absolute atomic E-state index is 10.2. The average molecular weight is 224 g/mol. The van der Waals surface area contributed by atoms with Crippen molar-refractivity contribution < 1.29 is 4.79 Å². The molecule has 0 atom stereocenters. The van der Waals surface area contributed by atoms with E-state index in [9.17, 15) is 4.79 Å². The Hall–Kier alpha value is -0.550. The summed E-state index contributed by atoms with van der Waals surface area (Å²) in [4.78, 5) is 10.2. The molecular formula is C15H28O. The van der Waals surface area contributed by atoms with Crippen LogP contribution in [0.5, 0.6) is 0 Å². The molecule has 1 heteroatoms. The van der Waals surface area contributed by atoms with E-state index < -0.39 is 0 Å². The summed E-state index contributed by atoms with van der Waals surface area (Å²) in [5, 5.41) is 0. The lowest BCUT2D eigenvalue weighted by Crippen LogP contribution is -1.83. The van der Waals surface area contributed by atoms with E-state index in [0.29, 0.717) is 0 Å². The van der Waals surface area contributed by atoms with E-state index in [1.165, 1.54) is 57.8 Å². The van der Waals surface area contributed by atoms with Gasteiger partial charge >= 0.3 is 0 Å². The second kappa shape index (κ2) is 12.5. The minimum Gasteiger partial charge on any atom is -0.234 e. The number of hydrogen-bond acceptors (Lipinski definition) is 1. The maximum atomic E-state index is 10.2. The van der Waals surface area contributed by atoms with Gasteiger partial charge in [0.15, 0.2) is 0 Å². The van der Waals surface area contributed by atoms with Gasteiger partial charge in [-0.1, -0.05) is 64.7 Å². The van der Waals surface area contributed by atoms with Crippen molar-refractivity contribution in [3.8, 4) is 0 Å². The standard InChI is InChI=1S/C15H28O/c1-3-4-5-6-7-8-9-10-11-12-13-15(2)14-16/h3-13H2,1-2H3. The van der Waals surface area contributed by atoms with Gasteiger partial charge in [-0.05, 0) is 19.8 Å². The van der Waals surface area contributed by atoms with Crippen molar-refractivity contribution in [1.29, 1.82) is 0 Å². The quantitative estimate of drug-likeness (QED) is 0.353. The van der Waals surface area contributed by atoms with Crippen LogP contribution in [0.1, 0.15) is 84.5 Å². The summed E-state index contributed by atoms with van der Waals surface area (Å²) in [5.74, 6) is 1.96. The molecule has 0 fully saturated rings. The van der Waals surface area contributed by atoms with Crippen molar-refractivity contribution in [2.24, 2.45) is 0 Å². The lowest BCUT2D eigenvalue weighted by molar-refractivity contribution is 0.552. The Bertz CT molecular complexity index is 190. The fraction of sp³-hybridized carbons (Fsp3) is 0.867. The van der Waals surface area contributed by atoms with Crippen molar-refractivity contribution in [2.45, 2.75) is 84.5 Å². The van der Waals surface area contributed by atoms with Crippen molar-refractivity contribution >= 4 is 5.94 Å². The van der Waals surface area contributed by atoms with Crippen LogP contribution in [0, 0.1) is 0 Å². The molecule has 0 radical (unpaired) electrons. The summed E-state index contributed by atoms with van der Waals surface area (Å²) in [7, 11) is 0. The van der Waals surface area contributed by atoms with Crippen LogP contribution in [0.2, 0.25) is 0 Å². The lowest BCUT2D eigenvalue weighted by atomic mass is 10.0. The monoisotopic (exact) mass is 224 g/mol. The van der Waals surface area contributed by atoms with Gasteiger partial charge in [-0.3, -0.25) is 0 Å². The van der Waals surface area contributed by atoms with Crippen LogP contribution in [-0.2, 0) is 4.79 Å². The lowest BCUT2D eigenvalue weighted by Gasteiger charge is -2.01. The Labute approximate surface area is 101 Å². The first-order valence-electron chi connectivity index (χ1n) is 7.01. The van der Waals surface area contributed by atoms with E-state index in [4.69, 9.17) is 0 Å². The molecule has 0 N–H and O–H groups in total. The summed E-state index contributed by atoms with van der Waals surface area (Å²) in [6, 6.07) is 0. The van der Waals surface area contributed by atoms with Crippen LogP contribution in [0.3, 0.4) is 0 Å². The summed E-state index contributed by atoms with van der Waals surface area (Å²) in [5.41, 5.74) is 0.875. The van der Waals surface area contributed by atoms with Gasteiger partial charge in [-0.25, -0.2) is 4.79 Å². The first-order chi connectivity index (χ1) is 7.81. The minimum absolute atomic E-state index is 0.875. The van der Waals surface area contributed by atoms with Gasteiger partial charge in [0, 0.05) is 5.57 Å². The molecule has 0 aromatic carbocycles. The molecule has 0 aromatic heterocycles. The van der Waals surface area contributed by atoms with Crippen molar-refractivity contribution in [3.05, 3.63) is 5.57 Å². The van der Waals surface area contributed by atoms with E-state index in [1.54, 1.807) is 0 Å². The molecule has 0 spiro atoms. The van der Waals surface area contributed by atoms with Crippen LogP contribution in [0.25, 0.3) is 0 Å². The molecule has 0 saturated heterocycles. The van der Waals surface area contributed by atoms with Gasteiger partial charge < -0.3 is 0 Å². The van der Waals surface area contributed by atoms with Crippen LogP contribution < -0.4 is 0 Å². The van der Waals surface area contributed by atoms with Gasteiger partial charge in [0.05, 0.1) is 0 Å². The third-order valence-electron chi connectivity index (χ3n) is 3.08. The molecule has 94 valence electrons. The molecule has 0 unspecified atom stereocenters. The predicted molar refractivity (Wildman–Crippen MR) is 71.3 cm³/mol. The first kappa shape index (κ1) is 15.4. The van der Waals surface area contributed by atoms with Crippen molar-refractivity contribution in [2.75, 3.05) is 0 Å². The highest BCUT2D eigenvalue weighted by Crippen LogP contribution is 2.12. The second-order valence-corrected chi connectivity index (χ2v) is 4.81. The molecular weight excluding hydrogens is 196 g/mol. The Kier molecular flexibility index (Phi) is 12.1. The molecule has 1 nitrogen and oxygen atoms in total. The number of unbranched alkanes of at least 4 members (excludes halogenated alkanes) is 9. The van der Waals surface area contributed by atoms with E-state index >= 15 is 0 Å². The smallest absolute Gasteiger partial charge is 0.123 e. The van der Waals surface area contributed by atoms with Crippen LogP contribution >= 0.6 is 0 Å². The number of carbonyl (C=O) groups excluding carboxylic acids is 1. The molecule has 0 rings (SSSR count). The van der Waals surface area contributed by atoms with Gasteiger partial charge in [0.2, 0.25) is 0 Å². The Morgan fingerprint density at radius 3 is 1.69 bits per heavy atom. The van der Waals surface area contributed by atoms with Gasteiger partial charge in [0.25, 0.3) is 0 Å². The minimum atomic E-state index is 0.875. The van der Waals surface area contributed by atoms with E-state index in [2.05, 4.69) is 6.92 Å². The Morgan fingerprint density at radius 1 is 0.812 bits per heavy atom. The van der Waals surface area contributed by atoms with Gasteiger partial charge in [0.1, 0.15) is 5.94 Å². The third kappa shape index (κ3) is 11.5. The fourth-order valence-corrected chi connectivity index (χ4v) is 1.93. The fourth-order valence-electron chi connectivity index (χ4n) is 1.93. The summed E-state index contributed by atoms with van der Waals surface area (Å²) in [6.45, 7) is 4.14. The molecule has 0 amide bonds. The molecule has 16 heavy (non-hydrogen) atoms. The third-order valence-corrected chi connectivity index (χ3v) is 3.08. The molecule has 0 saturated carbocycles. The highest BCUT2D eigenvalue weighted by Gasteiger charge is 1.94. The zero-order chi connectivity index (χ0) is 12.1. The molecule has 0 aliphatic carbocycles. The second-order valence-electron chi connectivity index (χ2n) is 4.81. The van der Waals surface area contributed by atoms with Crippen molar-refractivity contribution in [1.82, 2.24) is 0 Å². The molecule has 0 heterocycles. The zero-order valence-corrected chi connectivity index (χ0v) is 11.2. The Morgan fingerprint density at radius 2 is 1.25 bits per heavy atom. The maximum Gasteiger partial charge on any atom is 0.123 e. The Balaban J connectivity index is 3.01. The van der Waals surface area contributed by atoms with Crippen LogP contribution in [0.4, 0.5) is 0 Å². The largest absolute Gasteiger partial charge is 0.234 e. The number of rotatable bonds is 11. The van der Waals surface area contributed by atoms with Crippen LogP contribution in [0.15, 0.2) is 5.57 Å². The summed E-state index contributed by atoms with van der Waals surface area (Å²) < 4.78 is 0. The van der Waals surface area contributed by atoms with E-state index in [1.807, 2.05) is 12.9 Å². The van der Waals surface area contributed by atoms with Gasteiger partial charge in [-0.2, -0.15) is 0 Å². The van der Waals surface area contributed by atoms with Crippen LogP contribution in [-0.4, -0.2) is 5.94 Å².